The molecule has 1 saturated heterocycles. The van der Waals surface area contributed by atoms with Crippen molar-refractivity contribution >= 4 is 5.91 Å². The van der Waals surface area contributed by atoms with Crippen LogP contribution in [-0.2, 0) is 13.0 Å². The maximum absolute atomic E-state index is 12.9. The Morgan fingerprint density at radius 1 is 1.30 bits per heavy atom. The number of nitrogens with zero attached hydrogens (tertiary/aromatic N) is 3. The van der Waals surface area contributed by atoms with E-state index in [1.54, 1.807) is 0 Å². The topological polar surface area (TPSA) is 67.3 Å². The lowest BCUT2D eigenvalue weighted by Crippen LogP contribution is -2.38. The van der Waals surface area contributed by atoms with E-state index in [4.69, 9.17) is 9.72 Å². The second kappa shape index (κ2) is 8.05. The maximum atomic E-state index is 12.9. The smallest absolute Gasteiger partial charge is 0.257 e. The number of rotatable bonds is 4. The Balaban J connectivity index is 1.42. The summed E-state index contributed by atoms with van der Waals surface area (Å²) in [5.74, 6) is 1.99. The van der Waals surface area contributed by atoms with Gasteiger partial charge in [0, 0.05) is 56.0 Å². The molecule has 2 aliphatic heterocycles. The van der Waals surface area contributed by atoms with Crippen LogP contribution in [0.3, 0.4) is 0 Å². The molecule has 2 aliphatic rings. The van der Waals surface area contributed by atoms with Gasteiger partial charge in [0.15, 0.2) is 0 Å². The van der Waals surface area contributed by atoms with Crippen molar-refractivity contribution in [1.29, 1.82) is 0 Å². The molecule has 0 atom stereocenters. The summed E-state index contributed by atoms with van der Waals surface area (Å²) in [6, 6.07) is 7.49. The highest BCUT2D eigenvalue weighted by atomic mass is 16.5. The first-order valence-corrected chi connectivity index (χ1v) is 9.82. The van der Waals surface area contributed by atoms with Gasteiger partial charge in [0.1, 0.15) is 11.6 Å². The molecule has 0 unspecified atom stereocenters. The fourth-order valence-corrected chi connectivity index (χ4v) is 3.88. The van der Waals surface area contributed by atoms with Crippen LogP contribution in [0, 0.1) is 0 Å². The molecule has 1 amide bonds. The van der Waals surface area contributed by atoms with Crippen molar-refractivity contribution in [2.45, 2.75) is 38.6 Å². The predicted octanol–water partition coefficient (Wildman–Crippen LogP) is 2.54. The van der Waals surface area contributed by atoms with E-state index in [1.807, 2.05) is 42.3 Å². The van der Waals surface area contributed by atoms with Gasteiger partial charge in [-0.3, -0.25) is 4.79 Å². The standard InChI is InChI=1S/C21H26N4O2/c1-2-27-19-6-4-3-5-17(19)21(26)25-11-8-15(9-12-25)20-23-14-16-13-22-10-7-18(16)24-20/h3-6,14-15,22H,2,7-13H2,1H3. The molecule has 2 aromatic rings. The number of nitrogens with one attached hydrogen (secondary N) is 1. The van der Waals surface area contributed by atoms with Crippen molar-refractivity contribution in [3.63, 3.8) is 0 Å². The summed E-state index contributed by atoms with van der Waals surface area (Å²) in [6.07, 6.45) is 4.75. The molecule has 3 heterocycles. The summed E-state index contributed by atoms with van der Waals surface area (Å²) in [4.78, 5) is 24.3. The van der Waals surface area contributed by atoms with E-state index in [9.17, 15) is 4.79 Å². The maximum Gasteiger partial charge on any atom is 0.257 e. The summed E-state index contributed by atoms with van der Waals surface area (Å²) in [7, 11) is 0. The second-order valence-electron chi connectivity index (χ2n) is 7.12. The van der Waals surface area contributed by atoms with Gasteiger partial charge >= 0.3 is 0 Å². The number of hydrogen-bond donors (Lipinski definition) is 1. The SMILES string of the molecule is CCOc1ccccc1C(=O)N1CCC(c2ncc3c(n2)CCNC3)CC1. The Kier molecular flexibility index (Phi) is 5.34. The number of fused-ring (bicyclic) bond motifs is 1. The molecule has 1 fully saturated rings. The lowest BCUT2D eigenvalue weighted by atomic mass is 9.95. The largest absolute Gasteiger partial charge is 0.493 e. The third-order valence-electron chi connectivity index (χ3n) is 5.39. The average Bonchev–Trinajstić information content (AvgIpc) is 2.74. The van der Waals surface area contributed by atoms with Gasteiger partial charge in [-0.1, -0.05) is 12.1 Å². The quantitative estimate of drug-likeness (QED) is 0.901. The number of likely N-dealkylation sites (tertiary alicyclic amines) is 1. The van der Waals surface area contributed by atoms with E-state index in [0.717, 1.165) is 51.3 Å². The molecule has 0 bridgehead atoms. The van der Waals surface area contributed by atoms with Crippen molar-refractivity contribution in [2.24, 2.45) is 0 Å². The van der Waals surface area contributed by atoms with E-state index in [-0.39, 0.29) is 5.91 Å². The Bertz CT molecular complexity index is 816. The lowest BCUT2D eigenvalue weighted by Gasteiger charge is -2.32. The molecule has 27 heavy (non-hydrogen) atoms. The third-order valence-corrected chi connectivity index (χ3v) is 5.39. The molecule has 1 aromatic heterocycles. The van der Waals surface area contributed by atoms with Crippen LogP contribution in [0.25, 0.3) is 0 Å². The first kappa shape index (κ1) is 17.9. The first-order chi connectivity index (χ1) is 13.3. The van der Waals surface area contributed by atoms with Crippen LogP contribution in [0.1, 0.15) is 53.1 Å². The molecule has 1 aromatic carbocycles. The normalized spacial score (nSPS) is 17.4. The number of carbonyl (C=O) groups excluding carboxylic acids is 1. The highest BCUT2D eigenvalue weighted by molar-refractivity contribution is 5.97. The zero-order chi connectivity index (χ0) is 18.6. The zero-order valence-electron chi connectivity index (χ0n) is 15.8. The van der Waals surface area contributed by atoms with E-state index in [0.29, 0.717) is 23.8 Å². The Morgan fingerprint density at radius 3 is 2.93 bits per heavy atom. The number of hydrogen-bond acceptors (Lipinski definition) is 5. The minimum absolute atomic E-state index is 0.0509. The monoisotopic (exact) mass is 366 g/mol. The van der Waals surface area contributed by atoms with Gasteiger partial charge in [-0.15, -0.1) is 0 Å². The van der Waals surface area contributed by atoms with Crippen molar-refractivity contribution in [2.75, 3.05) is 26.2 Å². The minimum atomic E-state index is 0.0509. The summed E-state index contributed by atoms with van der Waals surface area (Å²) >= 11 is 0. The third kappa shape index (κ3) is 3.81. The van der Waals surface area contributed by atoms with Gasteiger partial charge < -0.3 is 15.0 Å². The van der Waals surface area contributed by atoms with Gasteiger partial charge in [-0.25, -0.2) is 9.97 Å². The number of carbonyl (C=O) groups is 1. The van der Waals surface area contributed by atoms with Crippen molar-refractivity contribution < 1.29 is 9.53 Å². The van der Waals surface area contributed by atoms with Crippen LogP contribution in [0.15, 0.2) is 30.5 Å². The van der Waals surface area contributed by atoms with Crippen LogP contribution in [0.4, 0.5) is 0 Å². The molecular formula is C21H26N4O2. The van der Waals surface area contributed by atoms with Crippen molar-refractivity contribution in [3.05, 3.63) is 53.1 Å². The summed E-state index contributed by atoms with van der Waals surface area (Å²) < 4.78 is 5.62. The fraction of sp³-hybridized carbons (Fsp3) is 0.476. The molecular weight excluding hydrogens is 340 g/mol. The molecule has 1 N–H and O–H groups in total. The van der Waals surface area contributed by atoms with Gasteiger partial charge in [0.05, 0.1) is 12.2 Å². The van der Waals surface area contributed by atoms with Crippen LogP contribution in [-0.4, -0.2) is 47.0 Å². The highest BCUT2D eigenvalue weighted by Gasteiger charge is 2.28. The number of aromatic nitrogens is 2. The highest BCUT2D eigenvalue weighted by Crippen LogP contribution is 2.28. The first-order valence-electron chi connectivity index (χ1n) is 9.82. The fourth-order valence-electron chi connectivity index (χ4n) is 3.88. The molecule has 6 heteroatoms. The average molecular weight is 366 g/mol. The molecule has 4 rings (SSSR count). The Hall–Kier alpha value is -2.47. The van der Waals surface area contributed by atoms with E-state index in [1.165, 1.54) is 11.3 Å². The van der Waals surface area contributed by atoms with E-state index < -0.39 is 0 Å². The summed E-state index contributed by atoms with van der Waals surface area (Å²) in [5, 5.41) is 3.35. The van der Waals surface area contributed by atoms with E-state index in [2.05, 4.69) is 10.3 Å². The Morgan fingerprint density at radius 2 is 2.11 bits per heavy atom. The van der Waals surface area contributed by atoms with Gasteiger partial charge in [-0.05, 0) is 31.9 Å². The van der Waals surface area contributed by atoms with Gasteiger partial charge in [-0.2, -0.15) is 0 Å². The van der Waals surface area contributed by atoms with Gasteiger partial charge in [0.25, 0.3) is 5.91 Å². The molecule has 0 spiro atoms. The minimum Gasteiger partial charge on any atom is -0.493 e. The number of benzene rings is 1. The number of amides is 1. The molecule has 6 nitrogen and oxygen atoms in total. The van der Waals surface area contributed by atoms with Gasteiger partial charge in [0.2, 0.25) is 0 Å². The molecule has 142 valence electrons. The van der Waals surface area contributed by atoms with Crippen LogP contribution >= 0.6 is 0 Å². The zero-order valence-corrected chi connectivity index (χ0v) is 15.8. The number of piperidine rings is 1. The summed E-state index contributed by atoms with van der Waals surface area (Å²) in [6.45, 7) is 5.79. The number of ether oxygens (including phenoxy) is 1. The van der Waals surface area contributed by atoms with Crippen LogP contribution in [0.2, 0.25) is 0 Å². The predicted molar refractivity (Wildman–Crippen MR) is 103 cm³/mol. The van der Waals surface area contributed by atoms with E-state index >= 15 is 0 Å². The Labute approximate surface area is 160 Å². The lowest BCUT2D eigenvalue weighted by molar-refractivity contribution is 0.0707. The van der Waals surface area contributed by atoms with Crippen LogP contribution < -0.4 is 10.1 Å². The molecule has 0 radical (unpaired) electrons. The summed E-state index contributed by atoms with van der Waals surface area (Å²) in [5.41, 5.74) is 3.04. The van der Waals surface area contributed by atoms with Crippen LogP contribution in [0.5, 0.6) is 5.75 Å². The van der Waals surface area contributed by atoms with Crippen molar-refractivity contribution in [3.8, 4) is 5.75 Å². The number of para-hydroxylation sites is 1. The second-order valence-corrected chi connectivity index (χ2v) is 7.12. The molecule has 0 aliphatic carbocycles. The molecule has 0 saturated carbocycles. The van der Waals surface area contributed by atoms with Crippen molar-refractivity contribution in [1.82, 2.24) is 20.2 Å².